The summed E-state index contributed by atoms with van der Waals surface area (Å²) in [5.74, 6) is -2.20. The van der Waals surface area contributed by atoms with Gasteiger partial charge < -0.3 is 10.0 Å². The van der Waals surface area contributed by atoms with Crippen molar-refractivity contribution in [3.63, 3.8) is 0 Å². The highest BCUT2D eigenvalue weighted by molar-refractivity contribution is 5.96. The summed E-state index contributed by atoms with van der Waals surface area (Å²) in [5.41, 5.74) is 1.18. The number of hydrogen-bond donors (Lipinski definition) is 1. The minimum Gasteiger partial charge on any atom is -0.481 e. The molecule has 1 N–H and O–H groups in total. The number of carbonyl (C=O) groups excluding carboxylic acids is 1. The Morgan fingerprint density at radius 1 is 1.28 bits per heavy atom. The van der Waals surface area contributed by atoms with Crippen LogP contribution in [0, 0.1) is 5.92 Å². The molecule has 0 aromatic heterocycles. The van der Waals surface area contributed by atoms with E-state index < -0.39 is 11.9 Å². The molecule has 1 unspecified atom stereocenters. The quantitative estimate of drug-likeness (QED) is 0.749. The molecule has 0 aliphatic carbocycles. The molecule has 98 valence electrons. The van der Waals surface area contributed by atoms with Gasteiger partial charge in [0.05, 0.1) is 0 Å². The molecule has 1 atom stereocenters. The zero-order valence-corrected chi connectivity index (χ0v) is 10.8. The fraction of sp³-hybridized carbons (Fsp3) is 0.429. The summed E-state index contributed by atoms with van der Waals surface area (Å²) in [4.78, 5) is 24.1. The van der Waals surface area contributed by atoms with E-state index in [1.54, 1.807) is 0 Å². The average molecular weight is 249 g/mol. The highest BCUT2D eigenvalue weighted by atomic mass is 16.4. The van der Waals surface area contributed by atoms with Gasteiger partial charge in [0.25, 0.3) is 0 Å². The molecule has 4 nitrogen and oxygen atoms in total. The third-order valence-electron chi connectivity index (χ3n) is 2.88. The molecule has 0 aliphatic rings. The monoisotopic (exact) mass is 249 g/mol. The summed E-state index contributed by atoms with van der Waals surface area (Å²) < 4.78 is 0. The summed E-state index contributed by atoms with van der Waals surface area (Å²) in [6.45, 7) is 2.67. The van der Waals surface area contributed by atoms with Gasteiger partial charge in [0.2, 0.25) is 0 Å². The van der Waals surface area contributed by atoms with E-state index in [1.165, 1.54) is 12.5 Å². The maximum absolute atomic E-state index is 11.2. The van der Waals surface area contributed by atoms with Crippen LogP contribution in [0.15, 0.2) is 30.3 Å². The third kappa shape index (κ3) is 4.67. The average Bonchev–Trinajstić information content (AvgIpc) is 2.29. The van der Waals surface area contributed by atoms with Crippen molar-refractivity contribution in [1.29, 1.82) is 0 Å². The molecule has 0 aliphatic heterocycles. The van der Waals surface area contributed by atoms with Crippen LogP contribution in [0.1, 0.15) is 18.9 Å². The van der Waals surface area contributed by atoms with Crippen molar-refractivity contribution in [3.05, 3.63) is 35.9 Å². The lowest BCUT2D eigenvalue weighted by atomic mass is 10.0. The normalized spacial score (nSPS) is 12.4. The predicted octanol–water partition coefficient (Wildman–Crippen LogP) is 1.80. The fourth-order valence-corrected chi connectivity index (χ4v) is 1.82. The number of carboxylic acids is 1. The fourth-order valence-electron chi connectivity index (χ4n) is 1.82. The van der Waals surface area contributed by atoms with Crippen molar-refractivity contribution in [2.75, 3.05) is 13.6 Å². The number of aliphatic carboxylic acids is 1. The van der Waals surface area contributed by atoms with Gasteiger partial charge in [0.15, 0.2) is 0 Å². The minimum atomic E-state index is -1.03. The van der Waals surface area contributed by atoms with E-state index in [0.717, 1.165) is 6.54 Å². The lowest BCUT2D eigenvalue weighted by molar-refractivity contribution is -0.146. The highest BCUT2D eigenvalue weighted by Gasteiger charge is 2.22. The van der Waals surface area contributed by atoms with Crippen LogP contribution >= 0.6 is 0 Å². The minimum absolute atomic E-state index is 0.282. The standard InChI is InChI=1S/C14H19NO3/c1-11(16)13(14(17)18)8-9-15(2)10-12-6-4-3-5-7-12/h3-7,13H,8-10H2,1-2H3,(H,17,18). The smallest absolute Gasteiger partial charge is 0.314 e. The molecule has 0 bridgehead atoms. The van der Waals surface area contributed by atoms with Gasteiger partial charge in [-0.15, -0.1) is 0 Å². The lowest BCUT2D eigenvalue weighted by Gasteiger charge is -2.18. The Bertz CT molecular complexity index is 389. The van der Waals surface area contributed by atoms with Gasteiger partial charge in [-0.1, -0.05) is 30.3 Å². The number of ketones is 1. The van der Waals surface area contributed by atoms with Crippen LogP contribution in [-0.2, 0) is 16.1 Å². The molecule has 1 aromatic rings. The van der Waals surface area contributed by atoms with E-state index in [2.05, 4.69) is 0 Å². The van der Waals surface area contributed by atoms with Crippen LogP contribution in [0.2, 0.25) is 0 Å². The number of carboxylic acid groups (broad SMARTS) is 1. The van der Waals surface area contributed by atoms with Crippen molar-refractivity contribution < 1.29 is 14.7 Å². The molecule has 1 rings (SSSR count). The Morgan fingerprint density at radius 3 is 2.39 bits per heavy atom. The molecule has 0 radical (unpaired) electrons. The van der Waals surface area contributed by atoms with Gasteiger partial charge in [-0.05, 0) is 32.5 Å². The largest absolute Gasteiger partial charge is 0.481 e. The number of Topliss-reactive ketones (excluding diaryl/α,β-unsaturated/α-hetero) is 1. The number of nitrogens with zero attached hydrogens (tertiary/aromatic N) is 1. The highest BCUT2D eigenvalue weighted by Crippen LogP contribution is 2.08. The molecular formula is C14H19NO3. The molecular weight excluding hydrogens is 230 g/mol. The van der Waals surface area contributed by atoms with E-state index in [1.807, 2.05) is 42.3 Å². The zero-order valence-electron chi connectivity index (χ0n) is 10.8. The predicted molar refractivity (Wildman–Crippen MR) is 69.2 cm³/mol. The number of rotatable bonds is 7. The van der Waals surface area contributed by atoms with Gasteiger partial charge in [0.1, 0.15) is 11.7 Å². The first kappa shape index (κ1) is 14.4. The van der Waals surface area contributed by atoms with Crippen LogP contribution in [0.25, 0.3) is 0 Å². The molecule has 0 saturated carbocycles. The Balaban J connectivity index is 2.43. The molecule has 18 heavy (non-hydrogen) atoms. The summed E-state index contributed by atoms with van der Waals surface area (Å²) in [5, 5.41) is 8.91. The van der Waals surface area contributed by atoms with Gasteiger partial charge >= 0.3 is 5.97 Å². The summed E-state index contributed by atoms with van der Waals surface area (Å²) in [7, 11) is 1.92. The van der Waals surface area contributed by atoms with E-state index in [-0.39, 0.29) is 5.78 Å². The van der Waals surface area contributed by atoms with Crippen LogP contribution in [0.4, 0.5) is 0 Å². The Labute approximate surface area is 107 Å². The summed E-state index contributed by atoms with van der Waals surface area (Å²) in [6.07, 6.45) is 0.355. The summed E-state index contributed by atoms with van der Waals surface area (Å²) in [6, 6.07) is 9.95. The molecule has 1 aromatic carbocycles. The second-order valence-corrected chi connectivity index (χ2v) is 4.51. The Hall–Kier alpha value is -1.68. The van der Waals surface area contributed by atoms with Crippen molar-refractivity contribution in [2.45, 2.75) is 19.9 Å². The molecule has 0 fully saturated rings. The maximum Gasteiger partial charge on any atom is 0.314 e. The first-order chi connectivity index (χ1) is 8.50. The van der Waals surface area contributed by atoms with Crippen molar-refractivity contribution in [2.24, 2.45) is 5.92 Å². The van der Waals surface area contributed by atoms with E-state index in [4.69, 9.17) is 5.11 Å². The van der Waals surface area contributed by atoms with Crippen molar-refractivity contribution in [3.8, 4) is 0 Å². The van der Waals surface area contributed by atoms with Gasteiger partial charge in [0, 0.05) is 6.54 Å². The lowest BCUT2D eigenvalue weighted by Crippen LogP contribution is -2.28. The topological polar surface area (TPSA) is 57.6 Å². The molecule has 0 spiro atoms. The van der Waals surface area contributed by atoms with Crippen LogP contribution in [0.5, 0.6) is 0 Å². The van der Waals surface area contributed by atoms with Gasteiger partial charge in [-0.2, -0.15) is 0 Å². The van der Waals surface area contributed by atoms with Crippen LogP contribution < -0.4 is 0 Å². The SMILES string of the molecule is CC(=O)C(CCN(C)Cc1ccccc1)C(=O)O. The zero-order chi connectivity index (χ0) is 13.5. The molecule has 4 heteroatoms. The Kier molecular flexibility index (Phi) is 5.52. The van der Waals surface area contributed by atoms with E-state index >= 15 is 0 Å². The number of benzene rings is 1. The van der Waals surface area contributed by atoms with E-state index in [0.29, 0.717) is 13.0 Å². The molecule has 0 amide bonds. The first-order valence-electron chi connectivity index (χ1n) is 5.96. The van der Waals surface area contributed by atoms with Crippen LogP contribution in [-0.4, -0.2) is 35.4 Å². The Morgan fingerprint density at radius 2 is 1.89 bits per heavy atom. The van der Waals surface area contributed by atoms with E-state index in [9.17, 15) is 9.59 Å². The van der Waals surface area contributed by atoms with Gasteiger partial charge in [-0.3, -0.25) is 9.59 Å². The summed E-state index contributed by atoms with van der Waals surface area (Å²) >= 11 is 0. The number of carbonyl (C=O) groups is 2. The van der Waals surface area contributed by atoms with Crippen molar-refractivity contribution >= 4 is 11.8 Å². The second kappa shape index (κ2) is 6.91. The number of hydrogen-bond acceptors (Lipinski definition) is 3. The third-order valence-corrected chi connectivity index (χ3v) is 2.88. The molecule has 0 saturated heterocycles. The van der Waals surface area contributed by atoms with Crippen LogP contribution in [0.3, 0.4) is 0 Å². The second-order valence-electron chi connectivity index (χ2n) is 4.51. The maximum atomic E-state index is 11.2. The molecule has 0 heterocycles. The van der Waals surface area contributed by atoms with Crippen molar-refractivity contribution in [1.82, 2.24) is 4.90 Å². The first-order valence-corrected chi connectivity index (χ1v) is 5.96. The van der Waals surface area contributed by atoms with Gasteiger partial charge in [-0.25, -0.2) is 0 Å².